The third-order valence-corrected chi connectivity index (χ3v) is 2.21. The second-order valence-corrected chi connectivity index (χ2v) is 3.87. The van der Waals surface area contributed by atoms with Crippen LogP contribution in [-0.4, -0.2) is 52.1 Å². The first kappa shape index (κ1) is 11.9. The van der Waals surface area contributed by atoms with Gasteiger partial charge in [-0.15, -0.1) is 0 Å². The Bertz CT molecular complexity index is 184. The highest BCUT2D eigenvalue weighted by Gasteiger charge is 2.42. The zero-order valence-corrected chi connectivity index (χ0v) is 8.62. The molecule has 5 nitrogen and oxygen atoms in total. The van der Waals surface area contributed by atoms with Crippen molar-refractivity contribution in [3.8, 4) is 0 Å². The molecule has 1 aliphatic heterocycles. The molecule has 0 aromatic carbocycles. The molecule has 0 bridgehead atoms. The van der Waals surface area contributed by atoms with Gasteiger partial charge in [0.1, 0.15) is 18.3 Å². The van der Waals surface area contributed by atoms with Gasteiger partial charge in [-0.25, -0.2) is 0 Å². The highest BCUT2D eigenvalue weighted by molar-refractivity contribution is 4.87. The molecule has 0 spiro atoms. The van der Waals surface area contributed by atoms with Gasteiger partial charge in [0.2, 0.25) is 0 Å². The van der Waals surface area contributed by atoms with Crippen LogP contribution in [0.1, 0.15) is 20.8 Å². The zero-order valence-electron chi connectivity index (χ0n) is 8.62. The van der Waals surface area contributed by atoms with Gasteiger partial charge in [-0.2, -0.15) is 0 Å². The summed E-state index contributed by atoms with van der Waals surface area (Å²) in [5.41, 5.74) is 0. The molecule has 0 saturated carbocycles. The van der Waals surface area contributed by atoms with Gasteiger partial charge in [-0.05, 0) is 20.8 Å². The molecule has 1 heterocycles. The van der Waals surface area contributed by atoms with Gasteiger partial charge in [-0.3, -0.25) is 0 Å². The Morgan fingerprint density at radius 2 is 1.64 bits per heavy atom. The molecular formula is C9H18O5. The second-order valence-electron chi connectivity index (χ2n) is 3.87. The molecular weight excluding hydrogens is 188 g/mol. The Kier molecular flexibility index (Phi) is 3.86. The average Bonchev–Trinajstić information content (AvgIpc) is 2.10. The lowest BCUT2D eigenvalue weighted by molar-refractivity contribution is -0.301. The summed E-state index contributed by atoms with van der Waals surface area (Å²) in [7, 11) is 0. The van der Waals surface area contributed by atoms with E-state index in [1.807, 2.05) is 0 Å². The maximum atomic E-state index is 9.51. The Morgan fingerprint density at radius 3 is 2.14 bits per heavy atom. The number of aliphatic hydroxyl groups excluding tert-OH is 3. The van der Waals surface area contributed by atoms with Crippen LogP contribution in [0.15, 0.2) is 0 Å². The molecule has 5 unspecified atom stereocenters. The van der Waals surface area contributed by atoms with Gasteiger partial charge in [0, 0.05) is 0 Å². The maximum Gasteiger partial charge on any atom is 0.186 e. The quantitative estimate of drug-likeness (QED) is 0.553. The standard InChI is InChI=1S/C9H18O5/c1-4(2)13-9-8(12)7(11)6(10)5(3)14-9/h4-12H,1-3H3. The number of rotatable bonds is 2. The Balaban J connectivity index is 2.60. The minimum Gasteiger partial charge on any atom is -0.388 e. The van der Waals surface area contributed by atoms with E-state index in [1.165, 1.54) is 0 Å². The summed E-state index contributed by atoms with van der Waals surface area (Å²) < 4.78 is 10.5. The van der Waals surface area contributed by atoms with Crippen molar-refractivity contribution < 1.29 is 24.8 Å². The molecule has 14 heavy (non-hydrogen) atoms. The predicted molar refractivity (Wildman–Crippen MR) is 48.6 cm³/mol. The normalized spacial score (nSPS) is 44.4. The minimum absolute atomic E-state index is 0.107. The third-order valence-electron chi connectivity index (χ3n) is 2.21. The monoisotopic (exact) mass is 206 g/mol. The largest absolute Gasteiger partial charge is 0.388 e. The minimum atomic E-state index is -1.22. The van der Waals surface area contributed by atoms with Crippen molar-refractivity contribution in [1.82, 2.24) is 0 Å². The van der Waals surface area contributed by atoms with Crippen LogP contribution in [0.25, 0.3) is 0 Å². The lowest BCUT2D eigenvalue weighted by Gasteiger charge is -2.39. The first-order chi connectivity index (χ1) is 6.43. The van der Waals surface area contributed by atoms with Crippen LogP contribution in [0, 0.1) is 0 Å². The molecule has 0 amide bonds. The van der Waals surface area contributed by atoms with E-state index in [0.29, 0.717) is 0 Å². The molecule has 0 aromatic rings. The van der Waals surface area contributed by atoms with Crippen LogP contribution >= 0.6 is 0 Å². The zero-order chi connectivity index (χ0) is 10.9. The summed E-state index contributed by atoms with van der Waals surface area (Å²) in [6.45, 7) is 5.23. The Morgan fingerprint density at radius 1 is 1.07 bits per heavy atom. The third kappa shape index (κ3) is 2.43. The lowest BCUT2D eigenvalue weighted by atomic mass is 10.00. The Labute approximate surface area is 83.3 Å². The topological polar surface area (TPSA) is 79.2 Å². The highest BCUT2D eigenvalue weighted by Crippen LogP contribution is 2.22. The summed E-state index contributed by atoms with van der Waals surface area (Å²) in [6, 6.07) is 0. The molecule has 5 heteroatoms. The molecule has 3 N–H and O–H groups in total. The molecule has 5 atom stereocenters. The fourth-order valence-corrected chi connectivity index (χ4v) is 1.39. The van der Waals surface area contributed by atoms with Crippen molar-refractivity contribution >= 4 is 0 Å². The van der Waals surface area contributed by atoms with Gasteiger partial charge in [0.05, 0.1) is 12.2 Å². The fourth-order valence-electron chi connectivity index (χ4n) is 1.39. The first-order valence-electron chi connectivity index (χ1n) is 4.78. The van der Waals surface area contributed by atoms with Crippen LogP contribution in [0.2, 0.25) is 0 Å². The fraction of sp³-hybridized carbons (Fsp3) is 1.00. The molecule has 0 radical (unpaired) electrons. The number of hydrogen-bond acceptors (Lipinski definition) is 5. The van der Waals surface area contributed by atoms with Gasteiger partial charge in [0.25, 0.3) is 0 Å². The van der Waals surface area contributed by atoms with E-state index in [1.54, 1.807) is 20.8 Å². The Hall–Kier alpha value is -0.200. The van der Waals surface area contributed by atoms with Gasteiger partial charge < -0.3 is 24.8 Å². The van der Waals surface area contributed by atoms with Gasteiger partial charge in [-0.1, -0.05) is 0 Å². The summed E-state index contributed by atoms with van der Waals surface area (Å²) in [5.74, 6) is 0. The predicted octanol–water partition coefficient (Wildman–Crippen LogP) is -0.761. The highest BCUT2D eigenvalue weighted by atomic mass is 16.7. The summed E-state index contributed by atoms with van der Waals surface area (Å²) >= 11 is 0. The van der Waals surface area contributed by atoms with Gasteiger partial charge in [0.15, 0.2) is 6.29 Å². The SMILES string of the molecule is CC(C)OC1OC(C)C(O)C(O)C1O. The number of aliphatic hydroxyl groups is 3. The summed E-state index contributed by atoms with van der Waals surface area (Å²) in [6.07, 6.45) is -5.02. The van der Waals surface area contributed by atoms with Crippen LogP contribution in [0.3, 0.4) is 0 Å². The van der Waals surface area contributed by atoms with E-state index in [0.717, 1.165) is 0 Å². The molecule has 1 saturated heterocycles. The van der Waals surface area contributed by atoms with E-state index in [4.69, 9.17) is 9.47 Å². The molecule has 1 aliphatic rings. The van der Waals surface area contributed by atoms with E-state index in [2.05, 4.69) is 0 Å². The van der Waals surface area contributed by atoms with Crippen molar-refractivity contribution in [3.05, 3.63) is 0 Å². The van der Waals surface area contributed by atoms with E-state index >= 15 is 0 Å². The molecule has 0 aliphatic carbocycles. The van der Waals surface area contributed by atoms with Crippen LogP contribution in [0.5, 0.6) is 0 Å². The molecule has 84 valence electrons. The number of ether oxygens (including phenoxy) is 2. The maximum absolute atomic E-state index is 9.51. The van der Waals surface area contributed by atoms with Crippen molar-refractivity contribution in [2.45, 2.75) is 57.6 Å². The summed E-state index contributed by atoms with van der Waals surface area (Å²) in [4.78, 5) is 0. The molecule has 0 aromatic heterocycles. The first-order valence-corrected chi connectivity index (χ1v) is 4.78. The smallest absolute Gasteiger partial charge is 0.186 e. The van der Waals surface area contributed by atoms with Crippen molar-refractivity contribution in [2.75, 3.05) is 0 Å². The average molecular weight is 206 g/mol. The van der Waals surface area contributed by atoms with E-state index in [-0.39, 0.29) is 6.10 Å². The summed E-state index contributed by atoms with van der Waals surface area (Å²) in [5, 5.41) is 28.3. The van der Waals surface area contributed by atoms with Crippen LogP contribution < -0.4 is 0 Å². The van der Waals surface area contributed by atoms with Crippen molar-refractivity contribution in [1.29, 1.82) is 0 Å². The van der Waals surface area contributed by atoms with Crippen molar-refractivity contribution in [3.63, 3.8) is 0 Å². The van der Waals surface area contributed by atoms with Crippen LogP contribution in [-0.2, 0) is 9.47 Å². The second kappa shape index (κ2) is 4.55. The molecule has 1 rings (SSSR count). The lowest BCUT2D eigenvalue weighted by Crippen LogP contribution is -2.57. The van der Waals surface area contributed by atoms with Gasteiger partial charge >= 0.3 is 0 Å². The van der Waals surface area contributed by atoms with E-state index < -0.39 is 30.7 Å². The van der Waals surface area contributed by atoms with Crippen LogP contribution in [0.4, 0.5) is 0 Å². The van der Waals surface area contributed by atoms with E-state index in [9.17, 15) is 15.3 Å². The molecule has 1 fully saturated rings. The van der Waals surface area contributed by atoms with Crippen molar-refractivity contribution in [2.24, 2.45) is 0 Å². The number of hydrogen-bond donors (Lipinski definition) is 3.